The topological polar surface area (TPSA) is 269 Å². The van der Waals surface area contributed by atoms with Gasteiger partial charge in [0.05, 0.1) is 19.8 Å². The van der Waals surface area contributed by atoms with Crippen molar-refractivity contribution >= 4 is 0 Å². The van der Waals surface area contributed by atoms with Gasteiger partial charge in [0, 0.05) is 0 Å². The molecule has 0 amide bonds. The molecule has 16 heteroatoms. The molecule has 0 spiro atoms. The Kier molecular flexibility index (Phi) is 9.54. The summed E-state index contributed by atoms with van der Waals surface area (Å²) in [6, 6.07) is 0. The first-order valence-corrected chi connectivity index (χ1v) is 10.6. The first kappa shape index (κ1) is 27.9. The van der Waals surface area contributed by atoms with Crippen LogP contribution in [0.15, 0.2) is 0 Å². The summed E-state index contributed by atoms with van der Waals surface area (Å²) >= 11 is 0. The van der Waals surface area contributed by atoms with E-state index in [0.29, 0.717) is 0 Å². The lowest BCUT2D eigenvalue weighted by Gasteiger charge is -2.47. The van der Waals surface area contributed by atoms with Crippen molar-refractivity contribution in [3.05, 3.63) is 0 Å². The Bertz CT molecular complexity index is 635. The molecule has 3 aliphatic heterocycles. The zero-order valence-corrected chi connectivity index (χ0v) is 17.7. The van der Waals surface area contributed by atoms with Gasteiger partial charge in [-0.15, -0.1) is 0 Å². The second-order valence-electron chi connectivity index (χ2n) is 8.33. The zero-order valence-electron chi connectivity index (χ0n) is 17.7. The summed E-state index contributed by atoms with van der Waals surface area (Å²) in [4.78, 5) is 0. The van der Waals surface area contributed by atoms with Crippen molar-refractivity contribution in [2.24, 2.45) is 0 Å². The molecular formula is C18H32O16. The van der Waals surface area contributed by atoms with E-state index >= 15 is 0 Å². The summed E-state index contributed by atoms with van der Waals surface area (Å²) in [6.45, 7) is -2.32. The molecular weight excluding hydrogens is 472 g/mol. The normalized spacial score (nSPS) is 52.5. The fourth-order valence-electron chi connectivity index (χ4n) is 4.06. The predicted octanol–water partition coefficient (Wildman–Crippen LogP) is -7.57. The van der Waals surface area contributed by atoms with E-state index < -0.39 is 112 Å². The molecule has 15 atom stereocenters. The van der Waals surface area contributed by atoms with E-state index in [1.807, 2.05) is 0 Å². The van der Waals surface area contributed by atoms with E-state index in [4.69, 9.17) is 23.7 Å². The Labute approximate surface area is 192 Å². The summed E-state index contributed by atoms with van der Waals surface area (Å²) in [7, 11) is 0. The van der Waals surface area contributed by atoms with Crippen LogP contribution in [0.25, 0.3) is 0 Å². The Morgan fingerprint density at radius 3 is 1.35 bits per heavy atom. The van der Waals surface area contributed by atoms with Crippen LogP contribution in [0.3, 0.4) is 0 Å². The SMILES string of the molecule is OC[C@H]1O[C@H](O[C@@H]2[C@H](O)[C@@H](O)[C@@H](O[C@@H]3[C@H](O)[C@@H](O)[C@@H](O)O[C@@H]3CO)O[C@@H]2CO)[C@H](O)[C@@H](O)[C@H]1O. The van der Waals surface area contributed by atoms with Gasteiger partial charge in [0.1, 0.15) is 73.2 Å². The summed E-state index contributed by atoms with van der Waals surface area (Å²) in [6.07, 6.45) is -25.1. The third-order valence-corrected chi connectivity index (χ3v) is 6.09. The van der Waals surface area contributed by atoms with E-state index in [1.165, 1.54) is 0 Å². The van der Waals surface area contributed by atoms with Crippen molar-refractivity contribution in [3.8, 4) is 0 Å². The molecule has 0 aliphatic carbocycles. The first-order chi connectivity index (χ1) is 16.0. The van der Waals surface area contributed by atoms with E-state index in [0.717, 1.165) is 0 Å². The maximum Gasteiger partial charge on any atom is 0.187 e. The highest BCUT2D eigenvalue weighted by atomic mass is 16.8. The molecule has 200 valence electrons. The van der Waals surface area contributed by atoms with Crippen molar-refractivity contribution in [2.75, 3.05) is 19.8 Å². The molecule has 3 saturated heterocycles. The van der Waals surface area contributed by atoms with Crippen LogP contribution in [0.4, 0.5) is 0 Å². The highest BCUT2D eigenvalue weighted by molar-refractivity contribution is 4.96. The molecule has 0 saturated carbocycles. The van der Waals surface area contributed by atoms with Gasteiger partial charge in [-0.2, -0.15) is 0 Å². The quantitative estimate of drug-likeness (QED) is 0.154. The van der Waals surface area contributed by atoms with Crippen LogP contribution in [0.2, 0.25) is 0 Å². The number of hydrogen-bond donors (Lipinski definition) is 11. The van der Waals surface area contributed by atoms with Crippen LogP contribution in [0.5, 0.6) is 0 Å². The fraction of sp³-hybridized carbons (Fsp3) is 1.00. The summed E-state index contributed by atoms with van der Waals surface area (Å²) < 4.78 is 26.4. The van der Waals surface area contributed by atoms with Gasteiger partial charge in [0.15, 0.2) is 18.9 Å². The van der Waals surface area contributed by atoms with Gasteiger partial charge in [0.25, 0.3) is 0 Å². The van der Waals surface area contributed by atoms with Crippen molar-refractivity contribution in [1.82, 2.24) is 0 Å². The van der Waals surface area contributed by atoms with Crippen LogP contribution >= 0.6 is 0 Å². The molecule has 0 aromatic rings. The summed E-state index contributed by atoms with van der Waals surface area (Å²) in [5.41, 5.74) is 0. The molecule has 16 nitrogen and oxygen atoms in total. The standard InChI is InChI=1S/C18H32O16/c19-1-4-7(22)8(23)12(27)17(31-4)34-15-6(3-21)32-18(13(28)10(15)25)33-14-5(2-20)30-16(29)11(26)9(14)24/h4-29H,1-3H2/t4-,5-,6-,7+,8+,9-,10-,11-,12-,13-,14+,15+,16+,17-,18-/m1/s1. The molecule has 3 heterocycles. The van der Waals surface area contributed by atoms with Crippen LogP contribution < -0.4 is 0 Å². The lowest BCUT2D eigenvalue weighted by molar-refractivity contribution is -0.377. The molecule has 3 fully saturated rings. The highest BCUT2D eigenvalue weighted by Gasteiger charge is 2.53. The Balaban J connectivity index is 1.72. The number of aliphatic hydroxyl groups is 11. The third kappa shape index (κ3) is 5.37. The van der Waals surface area contributed by atoms with Crippen molar-refractivity contribution in [3.63, 3.8) is 0 Å². The highest BCUT2D eigenvalue weighted by Crippen LogP contribution is 2.32. The zero-order chi connectivity index (χ0) is 25.3. The van der Waals surface area contributed by atoms with Gasteiger partial charge in [0.2, 0.25) is 0 Å². The van der Waals surface area contributed by atoms with Crippen LogP contribution in [-0.2, 0) is 23.7 Å². The second kappa shape index (κ2) is 11.6. The lowest BCUT2D eigenvalue weighted by Crippen LogP contribution is -2.66. The van der Waals surface area contributed by atoms with Crippen molar-refractivity contribution in [1.29, 1.82) is 0 Å². The van der Waals surface area contributed by atoms with Crippen LogP contribution in [-0.4, -0.2) is 168 Å². The average Bonchev–Trinajstić information content (AvgIpc) is 2.83. The summed E-state index contributed by atoms with van der Waals surface area (Å²) in [5.74, 6) is 0. The molecule has 3 aliphatic rings. The van der Waals surface area contributed by atoms with Crippen molar-refractivity contribution < 1.29 is 79.9 Å². The number of hydrogen-bond acceptors (Lipinski definition) is 16. The average molecular weight is 504 g/mol. The lowest BCUT2D eigenvalue weighted by atomic mass is 9.96. The number of aliphatic hydroxyl groups excluding tert-OH is 11. The largest absolute Gasteiger partial charge is 0.394 e. The van der Waals surface area contributed by atoms with Gasteiger partial charge >= 0.3 is 0 Å². The molecule has 0 radical (unpaired) electrons. The molecule has 0 unspecified atom stereocenters. The minimum atomic E-state index is -1.91. The van der Waals surface area contributed by atoms with Gasteiger partial charge in [-0.25, -0.2) is 0 Å². The molecule has 0 aromatic heterocycles. The van der Waals surface area contributed by atoms with Crippen LogP contribution in [0.1, 0.15) is 0 Å². The first-order valence-electron chi connectivity index (χ1n) is 10.6. The Morgan fingerprint density at radius 2 is 0.853 bits per heavy atom. The predicted molar refractivity (Wildman–Crippen MR) is 101 cm³/mol. The maximum atomic E-state index is 10.6. The van der Waals surface area contributed by atoms with E-state index in [2.05, 4.69) is 0 Å². The van der Waals surface area contributed by atoms with Gasteiger partial charge in [-0.1, -0.05) is 0 Å². The number of ether oxygens (including phenoxy) is 5. The van der Waals surface area contributed by atoms with Gasteiger partial charge in [-0.05, 0) is 0 Å². The smallest absolute Gasteiger partial charge is 0.187 e. The molecule has 34 heavy (non-hydrogen) atoms. The van der Waals surface area contributed by atoms with Crippen LogP contribution in [0, 0.1) is 0 Å². The number of rotatable bonds is 7. The minimum absolute atomic E-state index is 0.741. The molecule has 0 aromatic carbocycles. The van der Waals surface area contributed by atoms with E-state index in [9.17, 15) is 56.2 Å². The third-order valence-electron chi connectivity index (χ3n) is 6.09. The van der Waals surface area contributed by atoms with E-state index in [1.54, 1.807) is 0 Å². The molecule has 11 N–H and O–H groups in total. The molecule has 0 bridgehead atoms. The molecule has 3 rings (SSSR count). The Morgan fingerprint density at radius 1 is 0.441 bits per heavy atom. The van der Waals surface area contributed by atoms with Gasteiger partial charge in [-0.3, -0.25) is 0 Å². The summed E-state index contributed by atoms with van der Waals surface area (Å²) in [5, 5.41) is 109. The Hall–Kier alpha value is -0.640. The van der Waals surface area contributed by atoms with E-state index in [-0.39, 0.29) is 0 Å². The maximum absolute atomic E-state index is 10.6. The monoisotopic (exact) mass is 504 g/mol. The second-order valence-corrected chi connectivity index (χ2v) is 8.33. The van der Waals surface area contributed by atoms with Gasteiger partial charge < -0.3 is 79.9 Å². The minimum Gasteiger partial charge on any atom is -0.394 e. The fourth-order valence-corrected chi connectivity index (χ4v) is 4.06. The van der Waals surface area contributed by atoms with Crippen molar-refractivity contribution in [2.45, 2.75) is 92.1 Å².